The van der Waals surface area contributed by atoms with Gasteiger partial charge in [-0.25, -0.2) is 0 Å². The fourth-order valence-corrected chi connectivity index (χ4v) is 2.23. The van der Waals surface area contributed by atoms with Crippen molar-refractivity contribution in [3.05, 3.63) is 0 Å². The SMILES string of the molecule is FC(F)(F)C(F)(F)C(F)(F)C(F)(F)CC[Si]C(Cl)Cl. The average molecular weight is 359 g/mol. The lowest BCUT2D eigenvalue weighted by Crippen LogP contribution is -2.60. The highest BCUT2D eigenvalue weighted by molar-refractivity contribution is 6.68. The fourth-order valence-electron chi connectivity index (χ4n) is 0.903. The van der Waals surface area contributed by atoms with Crippen molar-refractivity contribution in [3.8, 4) is 0 Å². The topological polar surface area (TPSA) is 0 Å². The summed E-state index contributed by atoms with van der Waals surface area (Å²) < 4.78 is 110. The Bertz CT molecular complexity index is 301. The summed E-state index contributed by atoms with van der Waals surface area (Å²) in [6.45, 7) is 0. The first-order chi connectivity index (χ1) is 8.17. The summed E-state index contributed by atoms with van der Waals surface area (Å²) in [5, 5.41) is 0. The fraction of sp³-hybridized carbons (Fsp3) is 1.00. The molecule has 0 saturated heterocycles. The van der Waals surface area contributed by atoms with Crippen LogP contribution in [-0.4, -0.2) is 37.9 Å². The van der Waals surface area contributed by atoms with Crippen LogP contribution in [0.15, 0.2) is 0 Å². The summed E-state index contributed by atoms with van der Waals surface area (Å²) in [6.07, 6.45) is -8.68. The van der Waals surface area contributed by atoms with Crippen molar-refractivity contribution in [1.29, 1.82) is 0 Å². The van der Waals surface area contributed by atoms with Gasteiger partial charge in [-0.3, -0.25) is 0 Å². The number of hydrogen-bond acceptors (Lipinski definition) is 0. The lowest BCUT2D eigenvalue weighted by atomic mass is 10.0. The van der Waals surface area contributed by atoms with E-state index in [-0.39, 0.29) is 0 Å². The van der Waals surface area contributed by atoms with Crippen molar-refractivity contribution in [1.82, 2.24) is 0 Å². The Morgan fingerprint density at radius 3 is 1.53 bits per heavy atom. The zero-order valence-corrected chi connectivity index (χ0v) is 11.2. The maximum absolute atomic E-state index is 12.9. The maximum Gasteiger partial charge on any atom is 0.460 e. The van der Waals surface area contributed by atoms with E-state index >= 15 is 0 Å². The molecule has 0 aromatic rings. The molecule has 0 N–H and O–H groups in total. The Morgan fingerprint density at radius 2 is 1.21 bits per heavy atom. The molecule has 0 spiro atoms. The van der Waals surface area contributed by atoms with Crippen molar-refractivity contribution in [2.24, 2.45) is 0 Å². The molecule has 0 fully saturated rings. The highest BCUT2D eigenvalue weighted by Crippen LogP contribution is 2.54. The minimum absolute atomic E-state index is 0.697. The third kappa shape index (κ3) is 4.07. The van der Waals surface area contributed by atoms with Gasteiger partial charge in [0.25, 0.3) is 0 Å². The molecule has 0 bridgehead atoms. The number of halogens is 11. The lowest BCUT2D eigenvalue weighted by Gasteiger charge is -2.33. The first kappa shape index (κ1) is 19.2. The van der Waals surface area contributed by atoms with Gasteiger partial charge >= 0.3 is 23.9 Å². The Balaban J connectivity index is 5.06. The molecule has 2 radical (unpaired) electrons. The van der Waals surface area contributed by atoms with Crippen LogP contribution < -0.4 is 0 Å². The highest BCUT2D eigenvalue weighted by Gasteiger charge is 2.81. The van der Waals surface area contributed by atoms with Crippen LogP contribution in [-0.2, 0) is 0 Å². The molecule has 12 heteroatoms. The van der Waals surface area contributed by atoms with E-state index in [2.05, 4.69) is 0 Å². The Labute approximate surface area is 114 Å². The molecule has 0 aliphatic heterocycles. The van der Waals surface area contributed by atoms with Gasteiger partial charge in [0.1, 0.15) is 0 Å². The molecule has 0 nitrogen and oxygen atoms in total. The van der Waals surface area contributed by atoms with Crippen LogP contribution in [0.1, 0.15) is 6.42 Å². The Kier molecular flexibility index (Phi) is 5.93. The number of rotatable bonds is 6. The minimum atomic E-state index is -6.84. The predicted molar refractivity (Wildman–Crippen MR) is 51.6 cm³/mol. The molecule has 0 saturated carbocycles. The van der Waals surface area contributed by atoms with E-state index in [0.29, 0.717) is 0 Å². The molecule has 0 aliphatic rings. The van der Waals surface area contributed by atoms with Gasteiger partial charge < -0.3 is 0 Å². The monoisotopic (exact) mass is 358 g/mol. The molecule has 0 aromatic carbocycles. The third-order valence-corrected chi connectivity index (χ3v) is 3.72. The molecule has 0 heterocycles. The van der Waals surface area contributed by atoms with E-state index < -0.39 is 50.4 Å². The molecule has 0 amide bonds. The Hall–Kier alpha value is 0.167. The second-order valence-electron chi connectivity index (χ2n) is 3.36. The van der Waals surface area contributed by atoms with Crippen LogP contribution in [0.5, 0.6) is 0 Å². The van der Waals surface area contributed by atoms with Crippen molar-refractivity contribution in [2.75, 3.05) is 0 Å². The predicted octanol–water partition coefficient (Wildman–Crippen LogP) is 4.73. The molecule has 0 rings (SSSR count). The number of hydrogen-bond donors (Lipinski definition) is 0. The normalized spacial score (nSPS) is 15.2. The largest absolute Gasteiger partial charge is 0.460 e. The van der Waals surface area contributed by atoms with Gasteiger partial charge in [0.15, 0.2) is 0 Å². The summed E-state index contributed by atoms with van der Waals surface area (Å²) >= 11 is 10.2. The van der Waals surface area contributed by atoms with E-state index in [1.54, 1.807) is 0 Å². The standard InChI is InChI=1S/C7H5Cl2F9Si/c8-3(9)19-2-1-4(10,11)5(12,13)6(14,15)7(16,17)18/h3H,1-2H2. The quantitative estimate of drug-likeness (QED) is 0.366. The molecule has 0 aliphatic carbocycles. The second kappa shape index (κ2) is 5.88. The lowest BCUT2D eigenvalue weighted by molar-refractivity contribution is -0.396. The van der Waals surface area contributed by atoms with Crippen LogP contribution in [0.4, 0.5) is 39.5 Å². The summed E-state index contributed by atoms with van der Waals surface area (Å²) in [7, 11) is -0.697. The van der Waals surface area contributed by atoms with Crippen LogP contribution >= 0.6 is 23.2 Å². The third-order valence-electron chi connectivity index (χ3n) is 1.95. The van der Waals surface area contributed by atoms with Gasteiger partial charge in [-0.1, -0.05) is 6.04 Å². The van der Waals surface area contributed by atoms with Gasteiger partial charge in [-0.2, -0.15) is 39.5 Å². The van der Waals surface area contributed by atoms with Gasteiger partial charge in [-0.05, 0) is 0 Å². The number of alkyl halides is 11. The van der Waals surface area contributed by atoms with Crippen molar-refractivity contribution in [3.63, 3.8) is 0 Å². The van der Waals surface area contributed by atoms with Gasteiger partial charge in [0.05, 0.1) is 14.0 Å². The van der Waals surface area contributed by atoms with Crippen LogP contribution in [0.2, 0.25) is 6.04 Å². The van der Waals surface area contributed by atoms with Crippen molar-refractivity contribution < 1.29 is 39.5 Å². The Morgan fingerprint density at radius 1 is 0.789 bits per heavy atom. The van der Waals surface area contributed by atoms with Crippen LogP contribution in [0.3, 0.4) is 0 Å². The second-order valence-corrected chi connectivity index (χ2v) is 6.67. The van der Waals surface area contributed by atoms with Crippen molar-refractivity contribution in [2.45, 2.75) is 40.9 Å². The first-order valence-electron chi connectivity index (χ1n) is 4.38. The van der Waals surface area contributed by atoms with E-state index in [1.165, 1.54) is 0 Å². The van der Waals surface area contributed by atoms with E-state index in [1.807, 2.05) is 0 Å². The zero-order valence-electron chi connectivity index (χ0n) is 8.65. The van der Waals surface area contributed by atoms with Gasteiger partial charge in [0.2, 0.25) is 0 Å². The van der Waals surface area contributed by atoms with Crippen molar-refractivity contribution >= 4 is 32.7 Å². The van der Waals surface area contributed by atoms with E-state index in [0.717, 1.165) is 0 Å². The smallest absolute Gasteiger partial charge is 0.200 e. The molecule has 114 valence electrons. The molecule has 19 heavy (non-hydrogen) atoms. The molecular formula is C7H5Cl2F9Si. The van der Waals surface area contributed by atoms with Gasteiger partial charge in [0, 0.05) is 6.42 Å². The molecular weight excluding hydrogens is 354 g/mol. The summed E-state index contributed by atoms with van der Waals surface area (Å²) in [5.41, 5.74) is 0. The first-order valence-corrected chi connectivity index (χ1v) is 6.54. The van der Waals surface area contributed by atoms with E-state index in [9.17, 15) is 39.5 Å². The minimum Gasteiger partial charge on any atom is -0.200 e. The van der Waals surface area contributed by atoms with Gasteiger partial charge in [-0.15, -0.1) is 23.2 Å². The summed E-state index contributed by atoms with van der Waals surface area (Å²) in [4.78, 5) is 0. The summed E-state index contributed by atoms with van der Waals surface area (Å²) in [6, 6.07) is -0.811. The molecule has 0 unspecified atom stereocenters. The van der Waals surface area contributed by atoms with Crippen LogP contribution in [0.25, 0.3) is 0 Å². The maximum atomic E-state index is 12.9. The van der Waals surface area contributed by atoms with Crippen LogP contribution in [0, 0.1) is 0 Å². The average Bonchev–Trinajstić information content (AvgIpc) is 2.14. The molecule has 0 aromatic heterocycles. The van der Waals surface area contributed by atoms with E-state index in [4.69, 9.17) is 23.2 Å². The molecule has 0 atom stereocenters. The zero-order chi connectivity index (χ0) is 15.7. The highest BCUT2D eigenvalue weighted by atomic mass is 35.5. The summed E-state index contributed by atoms with van der Waals surface area (Å²) in [5.74, 6) is -18.9.